The van der Waals surface area contributed by atoms with Crippen LogP contribution in [0.1, 0.15) is 6.42 Å². The van der Waals surface area contributed by atoms with Crippen molar-refractivity contribution in [1.82, 2.24) is 9.29 Å². The van der Waals surface area contributed by atoms with Crippen molar-refractivity contribution in [2.24, 2.45) is 0 Å². The van der Waals surface area contributed by atoms with Crippen LogP contribution in [0.25, 0.3) is 0 Å². The lowest BCUT2D eigenvalue weighted by Crippen LogP contribution is -2.43. The molecule has 1 aliphatic heterocycles. The van der Waals surface area contributed by atoms with Crippen LogP contribution in [0.15, 0.2) is 53.7 Å². The Bertz CT molecular complexity index is 859. The summed E-state index contributed by atoms with van der Waals surface area (Å²) in [5.74, 6) is -1.12. The van der Waals surface area contributed by atoms with E-state index in [4.69, 9.17) is 0 Å². The minimum absolute atomic E-state index is 0.0213. The van der Waals surface area contributed by atoms with Crippen LogP contribution >= 0.6 is 0 Å². The van der Waals surface area contributed by atoms with E-state index in [2.05, 4.69) is 10.3 Å². The third-order valence-electron chi connectivity index (χ3n) is 3.89. The van der Waals surface area contributed by atoms with Gasteiger partial charge in [-0.05, 0) is 36.4 Å². The number of sulfonamides is 1. The smallest absolute Gasteiger partial charge is 0.243 e. The Morgan fingerprint density at radius 1 is 1.28 bits per heavy atom. The van der Waals surface area contributed by atoms with Gasteiger partial charge in [-0.25, -0.2) is 12.8 Å². The summed E-state index contributed by atoms with van der Waals surface area (Å²) >= 11 is 0. The predicted molar refractivity (Wildman–Crippen MR) is 87.6 cm³/mol. The van der Waals surface area contributed by atoms with E-state index in [0.29, 0.717) is 5.69 Å². The first-order valence-corrected chi connectivity index (χ1v) is 8.98. The molecule has 1 amide bonds. The molecule has 2 N–H and O–H groups in total. The third-order valence-corrected chi connectivity index (χ3v) is 5.77. The van der Waals surface area contributed by atoms with Gasteiger partial charge in [0.15, 0.2) is 0 Å². The Kier molecular flexibility index (Phi) is 4.80. The highest BCUT2D eigenvalue weighted by atomic mass is 32.2. The molecular formula is C16H16FN3O4S. The van der Waals surface area contributed by atoms with E-state index in [1.807, 2.05) is 0 Å². The Morgan fingerprint density at radius 3 is 2.64 bits per heavy atom. The fraction of sp³-hybridized carbons (Fsp3) is 0.250. The second-order valence-corrected chi connectivity index (χ2v) is 7.56. The molecule has 1 aromatic carbocycles. The Balaban J connectivity index is 1.86. The van der Waals surface area contributed by atoms with Crippen molar-refractivity contribution in [3.8, 4) is 0 Å². The van der Waals surface area contributed by atoms with Crippen molar-refractivity contribution in [2.45, 2.75) is 23.5 Å². The van der Waals surface area contributed by atoms with Gasteiger partial charge in [-0.1, -0.05) is 0 Å². The highest BCUT2D eigenvalue weighted by Gasteiger charge is 2.43. The first kappa shape index (κ1) is 17.5. The summed E-state index contributed by atoms with van der Waals surface area (Å²) in [6, 6.07) is 6.51. The maximum absolute atomic E-state index is 13.0. The molecule has 2 atom stereocenters. The van der Waals surface area contributed by atoms with Crippen LogP contribution in [-0.2, 0) is 14.8 Å². The zero-order valence-corrected chi connectivity index (χ0v) is 13.9. The Hall–Kier alpha value is -2.36. The number of pyridine rings is 1. The molecule has 1 aromatic heterocycles. The molecule has 132 valence electrons. The maximum atomic E-state index is 13.0. The first-order valence-electron chi connectivity index (χ1n) is 7.54. The molecule has 9 heteroatoms. The molecule has 0 aliphatic carbocycles. The van der Waals surface area contributed by atoms with E-state index < -0.39 is 33.9 Å². The summed E-state index contributed by atoms with van der Waals surface area (Å²) in [6.07, 6.45) is 1.99. The molecular weight excluding hydrogens is 349 g/mol. The number of nitrogens with zero attached hydrogens (tertiary/aromatic N) is 2. The van der Waals surface area contributed by atoms with Crippen molar-refractivity contribution >= 4 is 21.6 Å². The largest absolute Gasteiger partial charge is 0.392 e. The number of carbonyl (C=O) groups is 1. The van der Waals surface area contributed by atoms with Gasteiger partial charge >= 0.3 is 0 Å². The summed E-state index contributed by atoms with van der Waals surface area (Å²) in [5.41, 5.74) is 0.424. The summed E-state index contributed by atoms with van der Waals surface area (Å²) in [6.45, 7) is -0.204. The second kappa shape index (κ2) is 6.87. The molecule has 25 heavy (non-hydrogen) atoms. The third kappa shape index (κ3) is 3.68. The normalized spacial score (nSPS) is 21.2. The van der Waals surface area contributed by atoms with E-state index >= 15 is 0 Å². The molecule has 0 saturated carbocycles. The van der Waals surface area contributed by atoms with Crippen LogP contribution in [0.4, 0.5) is 10.1 Å². The monoisotopic (exact) mass is 365 g/mol. The maximum Gasteiger partial charge on any atom is 0.243 e. The number of aliphatic hydroxyl groups excluding tert-OH is 1. The van der Waals surface area contributed by atoms with Gasteiger partial charge in [0.2, 0.25) is 15.9 Å². The number of aliphatic hydroxyl groups is 1. The number of carbonyl (C=O) groups excluding carboxylic acids is 1. The lowest BCUT2D eigenvalue weighted by molar-refractivity contribution is -0.119. The van der Waals surface area contributed by atoms with Gasteiger partial charge in [-0.15, -0.1) is 0 Å². The van der Waals surface area contributed by atoms with Crippen LogP contribution in [0.3, 0.4) is 0 Å². The van der Waals surface area contributed by atoms with Crippen molar-refractivity contribution in [1.29, 1.82) is 0 Å². The fourth-order valence-corrected chi connectivity index (χ4v) is 4.33. The van der Waals surface area contributed by atoms with E-state index in [1.54, 1.807) is 18.3 Å². The van der Waals surface area contributed by atoms with Gasteiger partial charge in [0.05, 0.1) is 22.9 Å². The van der Waals surface area contributed by atoms with Crippen LogP contribution in [0, 0.1) is 5.82 Å². The number of amides is 1. The predicted octanol–water partition coefficient (Wildman–Crippen LogP) is 0.983. The Morgan fingerprint density at radius 2 is 2.00 bits per heavy atom. The topological polar surface area (TPSA) is 99.6 Å². The molecule has 0 bridgehead atoms. The van der Waals surface area contributed by atoms with Gasteiger partial charge in [0.1, 0.15) is 11.9 Å². The van der Waals surface area contributed by atoms with Gasteiger partial charge in [0.25, 0.3) is 0 Å². The highest BCUT2D eigenvalue weighted by molar-refractivity contribution is 7.89. The minimum Gasteiger partial charge on any atom is -0.392 e. The quantitative estimate of drug-likeness (QED) is 0.842. The number of benzene rings is 1. The Labute approximate surface area is 144 Å². The fourth-order valence-electron chi connectivity index (χ4n) is 2.69. The number of aromatic nitrogens is 1. The summed E-state index contributed by atoms with van der Waals surface area (Å²) in [5, 5.41) is 12.5. The standard InChI is InChI=1S/C16H16FN3O4S/c17-11-3-5-14(6-4-11)25(23,24)20-10-13(21)8-15(20)16(22)19-12-2-1-7-18-9-12/h1-7,9,13,15,21H,8,10H2,(H,19,22). The average molecular weight is 365 g/mol. The summed E-state index contributed by atoms with van der Waals surface area (Å²) in [7, 11) is -4.04. The van der Waals surface area contributed by atoms with E-state index in [-0.39, 0.29) is 17.9 Å². The molecule has 1 aliphatic rings. The van der Waals surface area contributed by atoms with Gasteiger partial charge in [-0.2, -0.15) is 4.31 Å². The summed E-state index contributed by atoms with van der Waals surface area (Å²) < 4.78 is 39.5. The zero-order chi connectivity index (χ0) is 18.0. The van der Waals surface area contributed by atoms with E-state index in [0.717, 1.165) is 28.6 Å². The van der Waals surface area contributed by atoms with Gasteiger partial charge in [0, 0.05) is 19.2 Å². The molecule has 1 fully saturated rings. The molecule has 7 nitrogen and oxygen atoms in total. The lowest BCUT2D eigenvalue weighted by atomic mass is 10.2. The SMILES string of the molecule is O=C(Nc1cccnc1)C1CC(O)CN1S(=O)(=O)c1ccc(F)cc1. The van der Waals surface area contributed by atoms with Crippen molar-refractivity contribution in [3.05, 3.63) is 54.6 Å². The molecule has 2 unspecified atom stereocenters. The number of nitrogens with one attached hydrogen (secondary N) is 1. The van der Waals surface area contributed by atoms with Crippen molar-refractivity contribution < 1.29 is 22.7 Å². The van der Waals surface area contributed by atoms with Crippen LogP contribution < -0.4 is 5.32 Å². The molecule has 1 saturated heterocycles. The molecule has 2 heterocycles. The average Bonchev–Trinajstić information content (AvgIpc) is 2.99. The summed E-state index contributed by atoms with van der Waals surface area (Å²) in [4.78, 5) is 16.2. The van der Waals surface area contributed by atoms with Gasteiger partial charge in [-0.3, -0.25) is 9.78 Å². The minimum atomic E-state index is -4.04. The zero-order valence-electron chi connectivity index (χ0n) is 13.0. The molecule has 3 rings (SSSR count). The highest BCUT2D eigenvalue weighted by Crippen LogP contribution is 2.27. The van der Waals surface area contributed by atoms with Gasteiger partial charge < -0.3 is 10.4 Å². The number of halogens is 1. The molecule has 0 spiro atoms. The second-order valence-electron chi connectivity index (χ2n) is 5.66. The number of β-amino-alcohol motifs (C(OH)–C–C–N with tert-alkyl or cyclic N) is 1. The van der Waals surface area contributed by atoms with Crippen LogP contribution in [0.5, 0.6) is 0 Å². The lowest BCUT2D eigenvalue weighted by Gasteiger charge is -2.23. The number of rotatable bonds is 4. The van der Waals surface area contributed by atoms with E-state index in [1.165, 1.54) is 6.20 Å². The van der Waals surface area contributed by atoms with Crippen LogP contribution in [-0.4, -0.2) is 47.4 Å². The van der Waals surface area contributed by atoms with E-state index in [9.17, 15) is 22.7 Å². The molecule has 0 radical (unpaired) electrons. The van der Waals surface area contributed by atoms with Crippen LogP contribution in [0.2, 0.25) is 0 Å². The molecule has 2 aromatic rings. The first-order chi connectivity index (χ1) is 11.9. The number of hydrogen-bond acceptors (Lipinski definition) is 5. The van der Waals surface area contributed by atoms with Crippen molar-refractivity contribution in [2.75, 3.05) is 11.9 Å². The number of anilines is 1. The van der Waals surface area contributed by atoms with Crippen molar-refractivity contribution in [3.63, 3.8) is 0 Å². The number of hydrogen-bond donors (Lipinski definition) is 2.